The van der Waals surface area contributed by atoms with Gasteiger partial charge in [0, 0.05) is 0 Å². The summed E-state index contributed by atoms with van der Waals surface area (Å²) >= 11 is 0. The molecule has 0 fully saturated rings. The van der Waals surface area contributed by atoms with Gasteiger partial charge in [0.05, 0.1) is 13.7 Å². The molecule has 2 atom stereocenters. The lowest BCUT2D eigenvalue weighted by molar-refractivity contribution is -0.135. The van der Waals surface area contributed by atoms with E-state index in [0.29, 0.717) is 5.56 Å². The van der Waals surface area contributed by atoms with Crippen molar-refractivity contribution in [3.8, 4) is 5.75 Å². The molecule has 6 nitrogen and oxygen atoms in total. The molecule has 2 rings (SSSR count). The van der Waals surface area contributed by atoms with Crippen molar-refractivity contribution in [2.45, 2.75) is 25.7 Å². The molecule has 0 aromatic heterocycles. The van der Waals surface area contributed by atoms with Crippen molar-refractivity contribution in [2.75, 3.05) is 7.11 Å². The van der Waals surface area contributed by atoms with E-state index in [4.69, 9.17) is 15.2 Å². The fourth-order valence-electron chi connectivity index (χ4n) is 2.28. The minimum atomic E-state index is -0.892. The fourth-order valence-corrected chi connectivity index (χ4v) is 2.28. The van der Waals surface area contributed by atoms with Crippen molar-refractivity contribution in [1.29, 1.82) is 0 Å². The number of benzene rings is 2. The molecular formula is C19H22N2O4. The number of carbonyl (C=O) groups excluding carboxylic acids is 2. The molecule has 0 saturated heterocycles. The van der Waals surface area contributed by atoms with Gasteiger partial charge >= 0.3 is 0 Å². The standard InChI is InChI=1S/C19H22N2O4/c1-13(25-12-14-7-6-10-16(11-14)24-2)19(23)21-17(18(20)22)15-8-4-3-5-9-15/h3-11,13,17H,12H2,1-2H3,(H2,20,22)(H,21,23)/t13-,17-/m0/s1. The molecule has 25 heavy (non-hydrogen) atoms. The summed E-state index contributed by atoms with van der Waals surface area (Å²) < 4.78 is 10.7. The van der Waals surface area contributed by atoms with Crippen LogP contribution in [0.25, 0.3) is 0 Å². The highest BCUT2D eigenvalue weighted by Gasteiger charge is 2.23. The summed E-state index contributed by atoms with van der Waals surface area (Å²) in [6.07, 6.45) is -0.739. The average molecular weight is 342 g/mol. The molecule has 0 unspecified atom stereocenters. The topological polar surface area (TPSA) is 90.7 Å². The molecule has 0 saturated carbocycles. The van der Waals surface area contributed by atoms with Gasteiger partial charge in [-0.15, -0.1) is 0 Å². The van der Waals surface area contributed by atoms with E-state index in [-0.39, 0.29) is 6.61 Å². The Labute approximate surface area is 146 Å². The first-order valence-electron chi connectivity index (χ1n) is 7.90. The van der Waals surface area contributed by atoms with Crippen LogP contribution in [0.1, 0.15) is 24.1 Å². The van der Waals surface area contributed by atoms with Crippen molar-refractivity contribution in [1.82, 2.24) is 5.32 Å². The first-order chi connectivity index (χ1) is 12.0. The Bertz CT molecular complexity index is 718. The number of hydrogen-bond donors (Lipinski definition) is 2. The monoisotopic (exact) mass is 342 g/mol. The zero-order chi connectivity index (χ0) is 18.2. The Morgan fingerprint density at radius 1 is 1.12 bits per heavy atom. The van der Waals surface area contributed by atoms with Crippen molar-refractivity contribution in [2.24, 2.45) is 5.73 Å². The molecule has 3 N–H and O–H groups in total. The highest BCUT2D eigenvalue weighted by molar-refractivity contribution is 5.89. The molecule has 2 aromatic carbocycles. The van der Waals surface area contributed by atoms with Gasteiger partial charge in [0.15, 0.2) is 0 Å². The Morgan fingerprint density at radius 2 is 1.84 bits per heavy atom. The quantitative estimate of drug-likeness (QED) is 0.767. The average Bonchev–Trinajstić information content (AvgIpc) is 2.64. The van der Waals surface area contributed by atoms with Crippen molar-refractivity contribution < 1.29 is 19.1 Å². The van der Waals surface area contributed by atoms with E-state index in [9.17, 15) is 9.59 Å². The molecular weight excluding hydrogens is 320 g/mol. The third-order valence-corrected chi connectivity index (χ3v) is 3.71. The second-order valence-electron chi connectivity index (χ2n) is 5.56. The Balaban J connectivity index is 1.95. The maximum atomic E-state index is 12.3. The molecule has 2 amide bonds. The lowest BCUT2D eigenvalue weighted by atomic mass is 10.1. The van der Waals surface area contributed by atoms with Crippen LogP contribution in [0.4, 0.5) is 0 Å². The first-order valence-corrected chi connectivity index (χ1v) is 7.90. The predicted molar refractivity (Wildman–Crippen MR) is 93.8 cm³/mol. The first kappa shape index (κ1) is 18.5. The third kappa shape index (κ3) is 5.32. The van der Waals surface area contributed by atoms with Crippen LogP contribution < -0.4 is 15.8 Å². The van der Waals surface area contributed by atoms with Gasteiger partial charge in [0.25, 0.3) is 0 Å². The van der Waals surface area contributed by atoms with Gasteiger partial charge < -0.3 is 20.5 Å². The predicted octanol–water partition coefficient (Wildman–Crippen LogP) is 1.94. The fraction of sp³-hybridized carbons (Fsp3) is 0.263. The maximum absolute atomic E-state index is 12.3. The molecule has 0 radical (unpaired) electrons. The van der Waals surface area contributed by atoms with Gasteiger partial charge in [-0.2, -0.15) is 0 Å². The van der Waals surface area contributed by atoms with Gasteiger partial charge in [-0.1, -0.05) is 42.5 Å². The zero-order valence-electron chi connectivity index (χ0n) is 14.3. The Hall–Kier alpha value is -2.86. The summed E-state index contributed by atoms with van der Waals surface area (Å²) in [6, 6.07) is 15.3. The van der Waals surface area contributed by atoms with Crippen LogP contribution in [-0.4, -0.2) is 25.0 Å². The molecule has 2 aromatic rings. The molecule has 0 spiro atoms. The minimum absolute atomic E-state index is 0.248. The van der Waals surface area contributed by atoms with Gasteiger partial charge in [-0.05, 0) is 30.2 Å². The molecule has 6 heteroatoms. The van der Waals surface area contributed by atoms with Gasteiger partial charge in [0.1, 0.15) is 17.9 Å². The summed E-state index contributed by atoms with van der Waals surface area (Å²) in [6.45, 7) is 1.87. The number of methoxy groups -OCH3 is 1. The summed E-state index contributed by atoms with van der Waals surface area (Å²) in [5, 5.41) is 2.63. The number of rotatable bonds is 8. The largest absolute Gasteiger partial charge is 0.497 e. The van der Waals surface area contributed by atoms with Crippen LogP contribution in [0.15, 0.2) is 54.6 Å². The van der Waals surface area contributed by atoms with E-state index in [1.165, 1.54) is 0 Å². The van der Waals surface area contributed by atoms with Crippen LogP contribution >= 0.6 is 0 Å². The van der Waals surface area contributed by atoms with Crippen LogP contribution in [0.2, 0.25) is 0 Å². The van der Waals surface area contributed by atoms with E-state index in [1.807, 2.05) is 30.3 Å². The number of ether oxygens (including phenoxy) is 2. The highest BCUT2D eigenvalue weighted by Crippen LogP contribution is 2.15. The Kier molecular flexibility index (Phi) is 6.54. The summed E-state index contributed by atoms with van der Waals surface area (Å²) in [5.41, 5.74) is 6.92. The number of carbonyl (C=O) groups is 2. The minimum Gasteiger partial charge on any atom is -0.497 e. The number of nitrogens with two attached hydrogens (primary N) is 1. The zero-order valence-corrected chi connectivity index (χ0v) is 14.3. The van der Waals surface area contributed by atoms with Crippen molar-refractivity contribution in [3.05, 3.63) is 65.7 Å². The maximum Gasteiger partial charge on any atom is 0.249 e. The smallest absolute Gasteiger partial charge is 0.249 e. The van der Waals surface area contributed by atoms with Crippen molar-refractivity contribution >= 4 is 11.8 Å². The van der Waals surface area contributed by atoms with Crippen molar-refractivity contribution in [3.63, 3.8) is 0 Å². The molecule has 0 bridgehead atoms. The summed E-state index contributed by atoms with van der Waals surface area (Å²) in [7, 11) is 1.59. The Morgan fingerprint density at radius 3 is 2.48 bits per heavy atom. The van der Waals surface area contributed by atoms with E-state index >= 15 is 0 Å². The van der Waals surface area contributed by atoms with Gasteiger partial charge in [-0.25, -0.2) is 0 Å². The number of hydrogen-bond acceptors (Lipinski definition) is 4. The molecule has 0 aliphatic heterocycles. The lowest BCUT2D eigenvalue weighted by Gasteiger charge is -2.19. The summed E-state index contributed by atoms with van der Waals surface area (Å²) in [5.74, 6) is -0.314. The number of nitrogens with one attached hydrogen (secondary N) is 1. The summed E-state index contributed by atoms with van der Waals surface area (Å²) in [4.78, 5) is 24.0. The number of primary amides is 1. The van der Waals surface area contributed by atoms with E-state index in [1.54, 1.807) is 38.3 Å². The van der Waals surface area contributed by atoms with Gasteiger partial charge in [-0.3, -0.25) is 9.59 Å². The third-order valence-electron chi connectivity index (χ3n) is 3.71. The molecule has 132 valence electrons. The molecule has 0 heterocycles. The van der Waals surface area contributed by atoms with Crippen LogP contribution in [0.5, 0.6) is 5.75 Å². The SMILES string of the molecule is COc1cccc(CO[C@@H](C)C(=O)N[C@H](C(N)=O)c2ccccc2)c1. The van der Waals surface area contributed by atoms with Crippen LogP contribution in [-0.2, 0) is 20.9 Å². The van der Waals surface area contributed by atoms with Crippen LogP contribution in [0, 0.1) is 0 Å². The van der Waals surface area contributed by atoms with E-state index in [2.05, 4.69) is 5.32 Å². The number of amides is 2. The van der Waals surface area contributed by atoms with E-state index in [0.717, 1.165) is 11.3 Å². The molecule has 0 aliphatic rings. The van der Waals surface area contributed by atoms with E-state index < -0.39 is 24.0 Å². The second kappa shape index (κ2) is 8.84. The van der Waals surface area contributed by atoms with Gasteiger partial charge in [0.2, 0.25) is 11.8 Å². The highest BCUT2D eigenvalue weighted by atomic mass is 16.5. The lowest BCUT2D eigenvalue weighted by Crippen LogP contribution is -2.42. The second-order valence-corrected chi connectivity index (χ2v) is 5.56. The molecule has 0 aliphatic carbocycles. The van der Waals surface area contributed by atoms with Crippen LogP contribution in [0.3, 0.4) is 0 Å². The normalized spacial score (nSPS) is 12.9.